The van der Waals surface area contributed by atoms with E-state index in [-0.39, 0.29) is 41.9 Å². The molecule has 1 aliphatic heterocycles. The standard InChI is InChI=1S/C20H22F2N4O5/c1-29-15-7-16(30-2)19(22)14(18(15)21)11-31-13-8-23-20(24-9-13)25-12-3-4-17(28)26(10-12)5-6-27/h3-4,7-10,17,27-28H,5-6,11H2,1-2H3,(H,23,24,25). The summed E-state index contributed by atoms with van der Waals surface area (Å²) in [6.07, 6.45) is 6.67. The van der Waals surface area contributed by atoms with Crippen molar-refractivity contribution in [3.8, 4) is 17.2 Å². The first-order chi connectivity index (χ1) is 15.0. The second-order valence-electron chi connectivity index (χ2n) is 6.36. The number of hydrogen-bond acceptors (Lipinski definition) is 9. The molecular weight excluding hydrogens is 414 g/mol. The molecule has 3 rings (SSSR count). The van der Waals surface area contributed by atoms with Crippen molar-refractivity contribution >= 4 is 5.95 Å². The topological polar surface area (TPSA) is 109 Å². The molecule has 9 nitrogen and oxygen atoms in total. The molecule has 0 radical (unpaired) electrons. The van der Waals surface area contributed by atoms with Gasteiger partial charge in [-0.1, -0.05) is 0 Å². The average molecular weight is 436 g/mol. The normalized spacial score (nSPS) is 15.5. The summed E-state index contributed by atoms with van der Waals surface area (Å²) >= 11 is 0. The van der Waals surface area contributed by atoms with E-state index < -0.39 is 24.5 Å². The zero-order valence-electron chi connectivity index (χ0n) is 16.9. The summed E-state index contributed by atoms with van der Waals surface area (Å²) in [5.74, 6) is -1.67. The molecule has 1 aromatic carbocycles. The van der Waals surface area contributed by atoms with Gasteiger partial charge in [-0.15, -0.1) is 0 Å². The fraction of sp³-hybridized carbons (Fsp3) is 0.300. The van der Waals surface area contributed by atoms with E-state index in [1.165, 1.54) is 31.5 Å². The Morgan fingerprint density at radius 1 is 1.13 bits per heavy atom. The van der Waals surface area contributed by atoms with Gasteiger partial charge < -0.3 is 34.6 Å². The Kier molecular flexibility index (Phi) is 7.21. The van der Waals surface area contributed by atoms with Crippen molar-refractivity contribution in [1.82, 2.24) is 14.9 Å². The summed E-state index contributed by atoms with van der Waals surface area (Å²) in [6.45, 7) is -0.284. The van der Waals surface area contributed by atoms with Crippen LogP contribution in [-0.2, 0) is 6.61 Å². The molecule has 0 aliphatic carbocycles. The molecular formula is C20H22F2N4O5. The number of allylic oxidation sites excluding steroid dienone is 1. The highest BCUT2D eigenvalue weighted by Crippen LogP contribution is 2.32. The molecule has 166 valence electrons. The molecule has 1 aliphatic rings. The molecule has 1 atom stereocenters. The fourth-order valence-electron chi connectivity index (χ4n) is 2.79. The smallest absolute Gasteiger partial charge is 0.227 e. The van der Waals surface area contributed by atoms with Gasteiger partial charge in [0, 0.05) is 18.8 Å². The molecule has 2 heterocycles. The fourth-order valence-corrected chi connectivity index (χ4v) is 2.79. The van der Waals surface area contributed by atoms with Crippen molar-refractivity contribution in [2.75, 3.05) is 32.7 Å². The largest absolute Gasteiger partial charge is 0.494 e. The van der Waals surface area contributed by atoms with Crippen molar-refractivity contribution in [2.45, 2.75) is 12.8 Å². The summed E-state index contributed by atoms with van der Waals surface area (Å²) in [5.41, 5.74) is 0.249. The van der Waals surface area contributed by atoms with Crippen LogP contribution in [0.15, 0.2) is 42.5 Å². The maximum absolute atomic E-state index is 14.4. The van der Waals surface area contributed by atoms with E-state index in [2.05, 4.69) is 15.3 Å². The number of halogens is 2. The minimum atomic E-state index is -0.884. The van der Waals surface area contributed by atoms with Gasteiger partial charge in [0.05, 0.1) is 44.5 Å². The highest BCUT2D eigenvalue weighted by molar-refractivity contribution is 5.43. The van der Waals surface area contributed by atoms with E-state index in [1.54, 1.807) is 18.4 Å². The van der Waals surface area contributed by atoms with Crippen LogP contribution in [0.5, 0.6) is 17.2 Å². The number of β-amino-alcohol motifs (C(OH)–C–C–N with tert-alkyl or cyclic N) is 1. The average Bonchev–Trinajstić information content (AvgIpc) is 2.77. The lowest BCUT2D eigenvalue weighted by Gasteiger charge is -2.27. The molecule has 31 heavy (non-hydrogen) atoms. The van der Waals surface area contributed by atoms with Crippen LogP contribution in [0, 0.1) is 11.6 Å². The molecule has 1 aromatic heterocycles. The summed E-state index contributed by atoms with van der Waals surface area (Å²) in [4.78, 5) is 9.73. The van der Waals surface area contributed by atoms with E-state index >= 15 is 0 Å². The number of benzene rings is 1. The monoisotopic (exact) mass is 436 g/mol. The molecule has 3 N–H and O–H groups in total. The molecule has 11 heteroatoms. The lowest BCUT2D eigenvalue weighted by molar-refractivity contribution is 0.0635. The first kappa shape index (κ1) is 22.2. The van der Waals surface area contributed by atoms with E-state index in [9.17, 15) is 13.9 Å². The Hall–Kier alpha value is -3.44. The Bertz CT molecular complexity index is 941. The van der Waals surface area contributed by atoms with Crippen LogP contribution < -0.4 is 19.5 Å². The van der Waals surface area contributed by atoms with Gasteiger partial charge in [-0.2, -0.15) is 0 Å². The third kappa shape index (κ3) is 5.19. The maximum atomic E-state index is 14.4. The summed E-state index contributed by atoms with van der Waals surface area (Å²) in [6, 6.07) is 1.12. The van der Waals surface area contributed by atoms with Crippen LogP contribution >= 0.6 is 0 Å². The molecule has 0 fully saturated rings. The Balaban J connectivity index is 1.67. The first-order valence-corrected chi connectivity index (χ1v) is 9.22. The number of aliphatic hydroxyl groups is 2. The number of nitrogens with zero attached hydrogens (tertiary/aromatic N) is 3. The van der Waals surface area contributed by atoms with Crippen molar-refractivity contribution in [3.05, 3.63) is 59.7 Å². The molecule has 0 saturated heterocycles. The number of methoxy groups -OCH3 is 2. The number of aromatic nitrogens is 2. The number of anilines is 1. The van der Waals surface area contributed by atoms with Crippen molar-refractivity contribution < 1.29 is 33.2 Å². The summed E-state index contributed by atoms with van der Waals surface area (Å²) in [7, 11) is 2.53. The van der Waals surface area contributed by atoms with Gasteiger partial charge in [-0.25, -0.2) is 18.7 Å². The third-order valence-electron chi connectivity index (χ3n) is 4.38. The van der Waals surface area contributed by atoms with Gasteiger partial charge >= 0.3 is 0 Å². The van der Waals surface area contributed by atoms with Crippen LogP contribution in [0.2, 0.25) is 0 Å². The highest BCUT2D eigenvalue weighted by Gasteiger charge is 2.20. The lowest BCUT2D eigenvalue weighted by Crippen LogP contribution is -2.34. The van der Waals surface area contributed by atoms with Crippen LogP contribution in [0.1, 0.15) is 5.56 Å². The van der Waals surface area contributed by atoms with Gasteiger partial charge in [-0.3, -0.25) is 0 Å². The maximum Gasteiger partial charge on any atom is 0.227 e. The number of hydrogen-bond donors (Lipinski definition) is 3. The molecule has 1 unspecified atom stereocenters. The van der Waals surface area contributed by atoms with Crippen molar-refractivity contribution in [1.29, 1.82) is 0 Å². The van der Waals surface area contributed by atoms with Crippen LogP contribution in [0.25, 0.3) is 0 Å². The van der Waals surface area contributed by atoms with Crippen molar-refractivity contribution in [2.24, 2.45) is 0 Å². The highest BCUT2D eigenvalue weighted by atomic mass is 19.1. The third-order valence-corrected chi connectivity index (χ3v) is 4.38. The lowest BCUT2D eigenvalue weighted by atomic mass is 10.1. The van der Waals surface area contributed by atoms with Gasteiger partial charge in [0.2, 0.25) is 5.95 Å². The van der Waals surface area contributed by atoms with Gasteiger partial charge in [0.15, 0.2) is 28.9 Å². The zero-order chi connectivity index (χ0) is 22.4. The zero-order valence-corrected chi connectivity index (χ0v) is 16.9. The Labute approximate surface area is 177 Å². The molecule has 0 bridgehead atoms. The van der Waals surface area contributed by atoms with Gasteiger partial charge in [0.25, 0.3) is 0 Å². The quantitative estimate of drug-likeness (QED) is 0.542. The molecule has 0 saturated carbocycles. The molecule has 0 spiro atoms. The van der Waals surface area contributed by atoms with Crippen LogP contribution in [0.4, 0.5) is 14.7 Å². The number of nitrogens with one attached hydrogen (secondary N) is 1. The number of aliphatic hydroxyl groups excluding tert-OH is 2. The Morgan fingerprint density at radius 3 is 2.35 bits per heavy atom. The second kappa shape index (κ2) is 10.0. The van der Waals surface area contributed by atoms with E-state index in [4.69, 9.17) is 19.3 Å². The van der Waals surface area contributed by atoms with Gasteiger partial charge in [-0.05, 0) is 12.2 Å². The minimum absolute atomic E-state index is 0.114. The van der Waals surface area contributed by atoms with E-state index in [0.717, 1.165) is 6.07 Å². The first-order valence-electron chi connectivity index (χ1n) is 9.22. The SMILES string of the molecule is COc1cc(OC)c(F)c(COc2cnc(NC3=CN(CCO)C(O)C=C3)nc2)c1F. The predicted octanol–water partition coefficient (Wildman–Crippen LogP) is 1.79. The number of ether oxygens (including phenoxy) is 3. The molecule has 0 amide bonds. The van der Waals surface area contributed by atoms with Crippen LogP contribution in [0.3, 0.4) is 0 Å². The van der Waals surface area contributed by atoms with Gasteiger partial charge in [0.1, 0.15) is 12.8 Å². The van der Waals surface area contributed by atoms with Crippen LogP contribution in [-0.4, -0.2) is 58.7 Å². The molecule has 2 aromatic rings. The summed E-state index contributed by atoms with van der Waals surface area (Å²) in [5, 5.41) is 21.8. The Morgan fingerprint density at radius 2 is 1.77 bits per heavy atom. The second-order valence-corrected chi connectivity index (χ2v) is 6.36. The van der Waals surface area contributed by atoms with E-state index in [0.29, 0.717) is 5.70 Å². The van der Waals surface area contributed by atoms with E-state index in [1.807, 2.05) is 0 Å². The minimum Gasteiger partial charge on any atom is -0.494 e. The van der Waals surface area contributed by atoms with Crippen molar-refractivity contribution in [3.63, 3.8) is 0 Å². The summed E-state index contributed by atoms with van der Waals surface area (Å²) < 4.78 is 44.0. The number of rotatable bonds is 9. The predicted molar refractivity (Wildman–Crippen MR) is 106 cm³/mol.